The zero-order valence-electron chi connectivity index (χ0n) is 11.8. The lowest BCUT2D eigenvalue weighted by Gasteiger charge is -2.25. The molecule has 1 aromatic carbocycles. The summed E-state index contributed by atoms with van der Waals surface area (Å²) >= 11 is 3.17. The molecule has 0 bridgehead atoms. The third-order valence-electron chi connectivity index (χ3n) is 3.41. The lowest BCUT2D eigenvalue weighted by Crippen LogP contribution is -2.41. The van der Waals surface area contributed by atoms with Gasteiger partial charge in [-0.3, -0.25) is 4.79 Å². The second kappa shape index (κ2) is 8.04. The summed E-state index contributed by atoms with van der Waals surface area (Å²) in [6.45, 7) is 4.27. The van der Waals surface area contributed by atoms with E-state index in [9.17, 15) is 9.59 Å². The van der Waals surface area contributed by atoms with Crippen molar-refractivity contribution in [3.63, 3.8) is 0 Å². The molecule has 0 saturated carbocycles. The van der Waals surface area contributed by atoms with Gasteiger partial charge in [0.15, 0.2) is 5.78 Å². The molecule has 0 saturated heterocycles. The molecule has 20 heavy (non-hydrogen) atoms. The van der Waals surface area contributed by atoms with Crippen molar-refractivity contribution in [2.24, 2.45) is 5.41 Å². The van der Waals surface area contributed by atoms with Crippen molar-refractivity contribution in [2.45, 2.75) is 26.9 Å². The topological polar surface area (TPSA) is 55.4 Å². The van der Waals surface area contributed by atoms with E-state index >= 15 is 0 Å². The van der Waals surface area contributed by atoms with Crippen molar-refractivity contribution in [1.82, 2.24) is 5.32 Å². The van der Waals surface area contributed by atoms with Crippen LogP contribution in [0.4, 0.5) is 4.79 Å². The number of ketones is 1. The third kappa shape index (κ3) is 4.96. The minimum Gasteiger partial charge on any atom is -0.445 e. The van der Waals surface area contributed by atoms with Crippen LogP contribution >= 0.6 is 15.9 Å². The van der Waals surface area contributed by atoms with E-state index in [1.165, 1.54) is 0 Å². The molecule has 0 radical (unpaired) electrons. The van der Waals surface area contributed by atoms with Gasteiger partial charge in [-0.15, -0.1) is 0 Å². The Labute approximate surface area is 128 Å². The second-order valence-electron chi connectivity index (χ2n) is 4.89. The fourth-order valence-corrected chi connectivity index (χ4v) is 2.30. The number of hydrogen-bond acceptors (Lipinski definition) is 3. The summed E-state index contributed by atoms with van der Waals surface area (Å²) < 4.78 is 5.11. The van der Waals surface area contributed by atoms with Crippen molar-refractivity contribution < 1.29 is 14.3 Å². The van der Waals surface area contributed by atoms with Gasteiger partial charge in [0.05, 0.1) is 5.33 Å². The van der Waals surface area contributed by atoms with Gasteiger partial charge >= 0.3 is 6.09 Å². The van der Waals surface area contributed by atoms with E-state index in [1.54, 1.807) is 0 Å². The van der Waals surface area contributed by atoms with Crippen LogP contribution in [0.15, 0.2) is 30.3 Å². The van der Waals surface area contributed by atoms with Crippen LogP contribution in [0.2, 0.25) is 0 Å². The van der Waals surface area contributed by atoms with Gasteiger partial charge in [-0.2, -0.15) is 0 Å². The number of Topliss-reactive ketones (excluding diaryl/α,β-unsaturated/α-hetero) is 1. The molecule has 1 amide bonds. The van der Waals surface area contributed by atoms with Crippen LogP contribution in [0.1, 0.15) is 25.8 Å². The van der Waals surface area contributed by atoms with Crippen LogP contribution in [0.25, 0.3) is 0 Å². The van der Waals surface area contributed by atoms with Gasteiger partial charge in [0, 0.05) is 12.0 Å². The van der Waals surface area contributed by atoms with E-state index < -0.39 is 11.5 Å². The van der Waals surface area contributed by atoms with Gasteiger partial charge in [0.1, 0.15) is 6.61 Å². The molecule has 1 atom stereocenters. The molecule has 0 aliphatic heterocycles. The van der Waals surface area contributed by atoms with E-state index in [2.05, 4.69) is 21.2 Å². The Bertz CT molecular complexity index is 450. The first kappa shape index (κ1) is 16.7. The Morgan fingerprint density at radius 1 is 1.30 bits per heavy atom. The van der Waals surface area contributed by atoms with Crippen LogP contribution in [0, 0.1) is 5.41 Å². The number of nitrogens with one attached hydrogen (secondary N) is 1. The minimum absolute atomic E-state index is 0.0726. The second-order valence-corrected chi connectivity index (χ2v) is 5.45. The van der Waals surface area contributed by atoms with Gasteiger partial charge in [0.2, 0.25) is 0 Å². The maximum Gasteiger partial charge on any atom is 0.407 e. The predicted molar refractivity (Wildman–Crippen MR) is 81.8 cm³/mol. The first-order chi connectivity index (χ1) is 9.51. The summed E-state index contributed by atoms with van der Waals surface area (Å²) in [7, 11) is 0. The fourth-order valence-electron chi connectivity index (χ4n) is 1.62. The summed E-state index contributed by atoms with van der Waals surface area (Å²) in [6.07, 6.45) is 0.159. The van der Waals surface area contributed by atoms with Crippen LogP contribution in [-0.2, 0) is 16.1 Å². The molecule has 0 fully saturated rings. The Kier molecular flexibility index (Phi) is 6.71. The van der Waals surface area contributed by atoms with Gasteiger partial charge in [-0.05, 0) is 12.0 Å². The van der Waals surface area contributed by atoms with E-state index in [0.29, 0.717) is 6.42 Å². The van der Waals surface area contributed by atoms with Crippen molar-refractivity contribution >= 4 is 27.8 Å². The SMILES string of the molecule is CCC(C)(CNC(=O)OCc1ccccc1)C(=O)CBr. The molecular formula is C15H20BrNO3. The Morgan fingerprint density at radius 3 is 2.50 bits per heavy atom. The third-order valence-corrected chi connectivity index (χ3v) is 3.92. The smallest absolute Gasteiger partial charge is 0.407 e. The number of carbonyl (C=O) groups is 2. The molecule has 110 valence electrons. The van der Waals surface area contributed by atoms with Crippen molar-refractivity contribution in [3.05, 3.63) is 35.9 Å². The summed E-state index contributed by atoms with van der Waals surface area (Å²) in [4.78, 5) is 23.5. The highest BCUT2D eigenvalue weighted by Gasteiger charge is 2.30. The number of hydrogen-bond donors (Lipinski definition) is 1. The molecule has 1 aromatic rings. The van der Waals surface area contributed by atoms with Crippen LogP contribution < -0.4 is 5.32 Å². The maximum absolute atomic E-state index is 11.8. The van der Waals surface area contributed by atoms with Crippen molar-refractivity contribution in [3.8, 4) is 0 Å². The quantitative estimate of drug-likeness (QED) is 0.774. The average molecular weight is 342 g/mol. The number of carbonyl (C=O) groups excluding carboxylic acids is 2. The molecule has 1 N–H and O–H groups in total. The van der Waals surface area contributed by atoms with E-state index in [1.807, 2.05) is 44.2 Å². The normalized spacial score (nSPS) is 13.3. The van der Waals surface area contributed by atoms with Gasteiger partial charge in [0.25, 0.3) is 0 Å². The van der Waals surface area contributed by atoms with E-state index in [-0.39, 0.29) is 24.3 Å². The highest BCUT2D eigenvalue weighted by Crippen LogP contribution is 2.22. The Hall–Kier alpha value is -1.36. The van der Waals surface area contributed by atoms with E-state index in [0.717, 1.165) is 5.56 Å². The monoisotopic (exact) mass is 341 g/mol. The zero-order valence-corrected chi connectivity index (χ0v) is 13.4. The molecule has 5 heteroatoms. The number of alkyl halides is 1. The number of rotatable bonds is 7. The molecule has 1 rings (SSSR count). The predicted octanol–water partition coefficient (Wildman–Crippen LogP) is 3.29. The molecule has 0 aliphatic carbocycles. The average Bonchev–Trinajstić information content (AvgIpc) is 2.50. The van der Waals surface area contributed by atoms with E-state index in [4.69, 9.17) is 4.74 Å². The van der Waals surface area contributed by atoms with Gasteiger partial charge in [-0.25, -0.2) is 4.79 Å². The number of benzene rings is 1. The number of ether oxygens (including phenoxy) is 1. The summed E-state index contributed by atoms with van der Waals surface area (Å²) in [6, 6.07) is 9.45. The van der Waals surface area contributed by atoms with Crippen molar-refractivity contribution in [1.29, 1.82) is 0 Å². The first-order valence-electron chi connectivity index (χ1n) is 6.55. The molecule has 0 aromatic heterocycles. The first-order valence-corrected chi connectivity index (χ1v) is 7.68. The summed E-state index contributed by atoms with van der Waals surface area (Å²) in [5, 5.41) is 2.95. The Morgan fingerprint density at radius 2 is 1.95 bits per heavy atom. The Balaban J connectivity index is 2.41. The molecule has 0 aliphatic rings. The van der Waals surface area contributed by atoms with Crippen LogP contribution in [-0.4, -0.2) is 23.8 Å². The van der Waals surface area contributed by atoms with Crippen LogP contribution in [0.5, 0.6) is 0 Å². The fraction of sp³-hybridized carbons (Fsp3) is 0.467. The molecule has 4 nitrogen and oxygen atoms in total. The number of halogens is 1. The lowest BCUT2D eigenvalue weighted by molar-refractivity contribution is -0.125. The molecule has 0 spiro atoms. The largest absolute Gasteiger partial charge is 0.445 e. The van der Waals surface area contributed by atoms with Crippen molar-refractivity contribution in [2.75, 3.05) is 11.9 Å². The number of amides is 1. The highest BCUT2D eigenvalue weighted by atomic mass is 79.9. The minimum atomic E-state index is -0.560. The molecule has 0 heterocycles. The number of alkyl carbamates (subject to hydrolysis) is 1. The van der Waals surface area contributed by atoms with Crippen LogP contribution in [0.3, 0.4) is 0 Å². The highest BCUT2D eigenvalue weighted by molar-refractivity contribution is 9.09. The zero-order chi connectivity index (χ0) is 15.0. The standard InChI is InChI=1S/C15H20BrNO3/c1-3-15(2,13(18)9-16)11-17-14(19)20-10-12-7-5-4-6-8-12/h4-8H,3,9-11H2,1-2H3,(H,17,19). The molecule has 1 unspecified atom stereocenters. The summed E-state index contributed by atoms with van der Waals surface area (Å²) in [5.74, 6) is 0.0726. The maximum atomic E-state index is 11.8. The summed E-state index contributed by atoms with van der Waals surface area (Å²) in [5.41, 5.74) is 0.368. The van der Waals surface area contributed by atoms with Gasteiger partial charge in [-0.1, -0.05) is 60.1 Å². The molecular weight excluding hydrogens is 322 g/mol. The lowest BCUT2D eigenvalue weighted by atomic mass is 9.83. The van der Waals surface area contributed by atoms with Gasteiger partial charge < -0.3 is 10.1 Å².